The molecule has 0 amide bonds. The zero-order valence-electron chi connectivity index (χ0n) is 12.1. The summed E-state index contributed by atoms with van der Waals surface area (Å²) in [4.78, 5) is 13.8. The van der Waals surface area contributed by atoms with E-state index in [2.05, 4.69) is 17.3 Å². The summed E-state index contributed by atoms with van der Waals surface area (Å²) in [6.45, 7) is 1.90. The molecule has 1 aromatic carbocycles. The predicted octanol–water partition coefficient (Wildman–Crippen LogP) is 2.28. The van der Waals surface area contributed by atoms with Crippen LogP contribution in [-0.2, 0) is 4.79 Å². The van der Waals surface area contributed by atoms with Crippen LogP contribution in [0.25, 0.3) is 0 Å². The van der Waals surface area contributed by atoms with Gasteiger partial charge in [-0.2, -0.15) is 0 Å². The SMILES string of the molecule is CN1CCCCC1CCNC(C(=O)O)c1ccccc1. The number of rotatable bonds is 6. The lowest BCUT2D eigenvalue weighted by molar-refractivity contribution is -0.139. The van der Waals surface area contributed by atoms with E-state index in [9.17, 15) is 9.90 Å². The van der Waals surface area contributed by atoms with Crippen LogP contribution in [0.1, 0.15) is 37.3 Å². The molecule has 4 nitrogen and oxygen atoms in total. The van der Waals surface area contributed by atoms with E-state index >= 15 is 0 Å². The number of hydrogen-bond acceptors (Lipinski definition) is 3. The van der Waals surface area contributed by atoms with Crippen molar-refractivity contribution in [1.82, 2.24) is 10.2 Å². The standard InChI is InChI=1S/C16H24N2O2/c1-18-12-6-5-9-14(18)10-11-17-15(16(19)20)13-7-3-2-4-8-13/h2-4,7-8,14-15,17H,5-6,9-12H2,1H3,(H,19,20). The van der Waals surface area contributed by atoms with Crippen LogP contribution in [0.2, 0.25) is 0 Å². The minimum Gasteiger partial charge on any atom is -0.480 e. The number of carboxylic acids is 1. The van der Waals surface area contributed by atoms with Gasteiger partial charge in [-0.25, -0.2) is 0 Å². The predicted molar refractivity (Wildman–Crippen MR) is 79.7 cm³/mol. The molecule has 0 radical (unpaired) electrons. The highest BCUT2D eigenvalue weighted by atomic mass is 16.4. The molecular formula is C16H24N2O2. The molecule has 1 aromatic rings. The molecule has 1 aliphatic heterocycles. The number of likely N-dealkylation sites (tertiary alicyclic amines) is 1. The Balaban J connectivity index is 1.85. The smallest absolute Gasteiger partial charge is 0.325 e. The lowest BCUT2D eigenvalue weighted by Crippen LogP contribution is -2.39. The first-order chi connectivity index (χ1) is 9.68. The molecule has 1 heterocycles. The molecule has 0 aliphatic carbocycles. The zero-order valence-corrected chi connectivity index (χ0v) is 12.1. The molecule has 2 rings (SSSR count). The number of aliphatic carboxylic acids is 1. The Morgan fingerprint density at radius 1 is 1.40 bits per heavy atom. The van der Waals surface area contributed by atoms with Crippen molar-refractivity contribution in [3.8, 4) is 0 Å². The number of carboxylic acid groups (broad SMARTS) is 1. The average Bonchev–Trinajstić information content (AvgIpc) is 2.46. The maximum absolute atomic E-state index is 11.4. The van der Waals surface area contributed by atoms with Gasteiger partial charge in [0, 0.05) is 6.04 Å². The molecule has 0 saturated carbocycles. The van der Waals surface area contributed by atoms with Crippen molar-refractivity contribution in [1.29, 1.82) is 0 Å². The Bertz CT molecular complexity index is 422. The Morgan fingerprint density at radius 2 is 2.15 bits per heavy atom. The number of carbonyl (C=O) groups is 1. The maximum atomic E-state index is 11.4. The summed E-state index contributed by atoms with van der Waals surface area (Å²) < 4.78 is 0. The molecule has 2 unspecified atom stereocenters. The van der Waals surface area contributed by atoms with E-state index in [1.807, 2.05) is 30.3 Å². The quantitative estimate of drug-likeness (QED) is 0.837. The van der Waals surface area contributed by atoms with Gasteiger partial charge in [-0.1, -0.05) is 36.8 Å². The monoisotopic (exact) mass is 276 g/mol. The first-order valence-electron chi connectivity index (χ1n) is 7.40. The van der Waals surface area contributed by atoms with E-state index in [1.54, 1.807) is 0 Å². The highest BCUT2D eigenvalue weighted by Crippen LogP contribution is 2.18. The summed E-state index contributed by atoms with van der Waals surface area (Å²) in [5.74, 6) is -0.812. The third-order valence-corrected chi connectivity index (χ3v) is 4.13. The molecule has 1 aliphatic rings. The number of hydrogen-bond donors (Lipinski definition) is 2. The molecule has 0 aromatic heterocycles. The van der Waals surface area contributed by atoms with Gasteiger partial charge in [0.1, 0.15) is 6.04 Å². The molecule has 4 heteroatoms. The van der Waals surface area contributed by atoms with Gasteiger partial charge in [-0.05, 0) is 45.0 Å². The van der Waals surface area contributed by atoms with Crippen LogP contribution in [-0.4, -0.2) is 42.2 Å². The van der Waals surface area contributed by atoms with Gasteiger partial charge in [-0.3, -0.25) is 4.79 Å². The normalized spacial score (nSPS) is 21.6. The summed E-state index contributed by atoms with van der Waals surface area (Å²) in [5.41, 5.74) is 0.817. The van der Waals surface area contributed by atoms with Crippen molar-refractivity contribution in [2.24, 2.45) is 0 Å². The number of piperidine rings is 1. The second kappa shape index (κ2) is 7.41. The lowest BCUT2D eigenvalue weighted by atomic mass is 9.99. The van der Waals surface area contributed by atoms with Crippen molar-refractivity contribution in [3.63, 3.8) is 0 Å². The van der Waals surface area contributed by atoms with Gasteiger partial charge >= 0.3 is 5.97 Å². The van der Waals surface area contributed by atoms with Crippen LogP contribution < -0.4 is 5.32 Å². The summed E-state index contributed by atoms with van der Waals surface area (Å²) in [6.07, 6.45) is 4.80. The lowest BCUT2D eigenvalue weighted by Gasteiger charge is -2.32. The van der Waals surface area contributed by atoms with Gasteiger partial charge in [-0.15, -0.1) is 0 Å². The van der Waals surface area contributed by atoms with Crippen LogP contribution in [0.3, 0.4) is 0 Å². The molecule has 1 fully saturated rings. The van der Waals surface area contributed by atoms with Crippen molar-refractivity contribution >= 4 is 5.97 Å². The van der Waals surface area contributed by atoms with E-state index in [0.717, 1.165) is 25.1 Å². The second-order valence-corrected chi connectivity index (χ2v) is 5.55. The van der Waals surface area contributed by atoms with E-state index in [4.69, 9.17) is 0 Å². The first-order valence-corrected chi connectivity index (χ1v) is 7.40. The third-order valence-electron chi connectivity index (χ3n) is 4.13. The van der Waals surface area contributed by atoms with E-state index in [1.165, 1.54) is 19.3 Å². The van der Waals surface area contributed by atoms with Gasteiger partial charge in [0.05, 0.1) is 0 Å². The number of benzene rings is 1. The number of nitrogens with zero attached hydrogens (tertiary/aromatic N) is 1. The third kappa shape index (κ3) is 4.05. The second-order valence-electron chi connectivity index (χ2n) is 5.55. The molecule has 2 atom stereocenters. The summed E-state index contributed by atoms with van der Waals surface area (Å²) >= 11 is 0. The van der Waals surface area contributed by atoms with Crippen LogP contribution in [0.15, 0.2) is 30.3 Å². The van der Waals surface area contributed by atoms with Crippen molar-refractivity contribution in [2.45, 2.75) is 37.8 Å². The molecule has 20 heavy (non-hydrogen) atoms. The minimum atomic E-state index is -0.812. The van der Waals surface area contributed by atoms with Gasteiger partial charge in [0.15, 0.2) is 0 Å². The van der Waals surface area contributed by atoms with Crippen LogP contribution in [0.4, 0.5) is 0 Å². The van der Waals surface area contributed by atoms with Crippen LogP contribution in [0.5, 0.6) is 0 Å². The first kappa shape index (κ1) is 15.0. The molecule has 0 bridgehead atoms. The zero-order chi connectivity index (χ0) is 14.4. The highest BCUT2D eigenvalue weighted by Gasteiger charge is 2.21. The Morgan fingerprint density at radius 3 is 2.80 bits per heavy atom. The Kier molecular flexibility index (Phi) is 5.56. The fraction of sp³-hybridized carbons (Fsp3) is 0.562. The Labute approximate surface area is 120 Å². The highest BCUT2D eigenvalue weighted by molar-refractivity contribution is 5.75. The maximum Gasteiger partial charge on any atom is 0.325 e. The molecular weight excluding hydrogens is 252 g/mol. The van der Waals surface area contributed by atoms with Gasteiger partial charge in [0.2, 0.25) is 0 Å². The number of nitrogens with one attached hydrogen (secondary N) is 1. The fourth-order valence-corrected chi connectivity index (χ4v) is 2.90. The average molecular weight is 276 g/mol. The van der Waals surface area contributed by atoms with Crippen molar-refractivity contribution < 1.29 is 9.90 Å². The summed E-state index contributed by atoms with van der Waals surface area (Å²) in [7, 11) is 2.16. The molecule has 2 N–H and O–H groups in total. The van der Waals surface area contributed by atoms with E-state index in [0.29, 0.717) is 6.04 Å². The van der Waals surface area contributed by atoms with Crippen LogP contribution >= 0.6 is 0 Å². The molecule has 0 spiro atoms. The van der Waals surface area contributed by atoms with E-state index < -0.39 is 12.0 Å². The van der Waals surface area contributed by atoms with E-state index in [-0.39, 0.29) is 0 Å². The topological polar surface area (TPSA) is 52.6 Å². The fourth-order valence-electron chi connectivity index (χ4n) is 2.90. The van der Waals surface area contributed by atoms with Gasteiger partial charge in [0.25, 0.3) is 0 Å². The molecule has 1 saturated heterocycles. The van der Waals surface area contributed by atoms with Crippen molar-refractivity contribution in [2.75, 3.05) is 20.1 Å². The van der Waals surface area contributed by atoms with Crippen LogP contribution in [0, 0.1) is 0 Å². The van der Waals surface area contributed by atoms with Gasteiger partial charge < -0.3 is 15.3 Å². The minimum absolute atomic E-state index is 0.585. The molecule has 110 valence electrons. The van der Waals surface area contributed by atoms with Crippen molar-refractivity contribution in [3.05, 3.63) is 35.9 Å². The summed E-state index contributed by atoms with van der Waals surface area (Å²) in [6, 6.07) is 9.35. The summed E-state index contributed by atoms with van der Waals surface area (Å²) in [5, 5.41) is 12.5. The Hall–Kier alpha value is -1.39. The largest absolute Gasteiger partial charge is 0.480 e.